The van der Waals surface area contributed by atoms with Gasteiger partial charge in [0.05, 0.1) is 13.2 Å². The van der Waals surface area contributed by atoms with Crippen LogP contribution in [0, 0.1) is 5.92 Å². The van der Waals surface area contributed by atoms with Gasteiger partial charge in [-0.15, -0.1) is 0 Å². The molecule has 7 heteroatoms. The number of hydrogen-bond donors (Lipinski definition) is 2. The number of carbonyl (C=O) groups is 1. The van der Waals surface area contributed by atoms with E-state index in [0.717, 1.165) is 44.7 Å². The number of nitrogens with zero attached hydrogens (tertiary/aromatic N) is 3. The molecule has 1 aliphatic heterocycles. The maximum absolute atomic E-state index is 12.6. The Kier molecular flexibility index (Phi) is 5.99. The van der Waals surface area contributed by atoms with E-state index in [1.807, 2.05) is 6.07 Å². The van der Waals surface area contributed by atoms with Gasteiger partial charge in [-0.1, -0.05) is 26.7 Å². The third kappa shape index (κ3) is 4.16. The fraction of sp³-hybridized carbons (Fsp3) is 0.611. The van der Waals surface area contributed by atoms with Crippen LogP contribution in [0.4, 0.5) is 0 Å². The molecule has 3 rings (SSSR count). The lowest BCUT2D eigenvalue weighted by atomic mass is 9.92. The predicted molar refractivity (Wildman–Crippen MR) is 96.5 cm³/mol. The van der Waals surface area contributed by atoms with E-state index in [1.54, 1.807) is 12.1 Å². The van der Waals surface area contributed by atoms with E-state index in [0.29, 0.717) is 29.6 Å². The second kappa shape index (κ2) is 8.40. The van der Waals surface area contributed by atoms with Gasteiger partial charge in [0.2, 0.25) is 0 Å². The van der Waals surface area contributed by atoms with E-state index in [1.165, 1.54) is 0 Å². The Hall–Kier alpha value is -1.99. The molecule has 1 aromatic carbocycles. The molecule has 1 saturated heterocycles. The van der Waals surface area contributed by atoms with E-state index < -0.39 is 0 Å². The van der Waals surface area contributed by atoms with Crippen LogP contribution in [0.3, 0.4) is 0 Å². The molecule has 2 N–H and O–H groups in total. The number of aromatic nitrogens is 3. The van der Waals surface area contributed by atoms with Crippen LogP contribution in [0.5, 0.6) is 0 Å². The minimum Gasteiger partial charge on any atom is -0.379 e. The molecule has 136 valence electrons. The number of rotatable bonds is 7. The number of hydrogen-bond acceptors (Lipinski definition) is 5. The van der Waals surface area contributed by atoms with Crippen molar-refractivity contribution in [1.29, 1.82) is 0 Å². The molecule has 0 saturated carbocycles. The average molecular weight is 345 g/mol. The number of benzene rings is 1. The summed E-state index contributed by atoms with van der Waals surface area (Å²) in [7, 11) is 0. The zero-order chi connectivity index (χ0) is 17.6. The molecule has 0 spiro atoms. The first-order chi connectivity index (χ1) is 12.2. The number of H-pyrrole nitrogens is 1. The number of aromatic amines is 1. The van der Waals surface area contributed by atoms with Crippen LogP contribution in [0.15, 0.2) is 18.2 Å². The summed E-state index contributed by atoms with van der Waals surface area (Å²) in [6, 6.07) is 5.73. The summed E-state index contributed by atoms with van der Waals surface area (Å²) in [5.74, 6) is 0.505. The largest absolute Gasteiger partial charge is 0.379 e. The Morgan fingerprint density at radius 1 is 1.24 bits per heavy atom. The fourth-order valence-corrected chi connectivity index (χ4v) is 3.62. The van der Waals surface area contributed by atoms with E-state index in [9.17, 15) is 4.79 Å². The third-order valence-electron chi connectivity index (χ3n) is 5.16. The molecule has 1 aliphatic rings. The van der Waals surface area contributed by atoms with Crippen LogP contribution in [0.2, 0.25) is 0 Å². The van der Waals surface area contributed by atoms with Crippen molar-refractivity contribution in [2.24, 2.45) is 5.92 Å². The molecule has 25 heavy (non-hydrogen) atoms. The van der Waals surface area contributed by atoms with Gasteiger partial charge < -0.3 is 10.1 Å². The van der Waals surface area contributed by atoms with E-state index >= 15 is 0 Å². The van der Waals surface area contributed by atoms with Gasteiger partial charge in [0, 0.05) is 31.2 Å². The number of amides is 1. The molecular formula is C18H27N5O2. The zero-order valence-electron chi connectivity index (χ0n) is 15.0. The first-order valence-electron chi connectivity index (χ1n) is 9.13. The van der Waals surface area contributed by atoms with Crippen molar-refractivity contribution in [3.8, 4) is 0 Å². The number of fused-ring (bicyclic) bond motifs is 1. The number of morpholine rings is 1. The van der Waals surface area contributed by atoms with Gasteiger partial charge in [-0.05, 0) is 24.1 Å². The van der Waals surface area contributed by atoms with Crippen molar-refractivity contribution in [3.05, 3.63) is 23.8 Å². The lowest BCUT2D eigenvalue weighted by molar-refractivity contribution is 0.00191. The molecular weight excluding hydrogens is 318 g/mol. The SMILES string of the molecule is CCC(CC)C(CNC(=O)c1ccc2n[nH]nc2c1)N1CCOCC1. The minimum atomic E-state index is -0.0610. The number of nitrogens with one attached hydrogen (secondary N) is 2. The molecule has 1 aromatic heterocycles. The third-order valence-corrected chi connectivity index (χ3v) is 5.16. The summed E-state index contributed by atoms with van der Waals surface area (Å²) >= 11 is 0. The van der Waals surface area contributed by atoms with Gasteiger partial charge in [0.25, 0.3) is 5.91 Å². The second-order valence-electron chi connectivity index (χ2n) is 6.53. The van der Waals surface area contributed by atoms with Gasteiger partial charge in [0.15, 0.2) is 0 Å². The Labute approximate surface area is 148 Å². The van der Waals surface area contributed by atoms with Crippen molar-refractivity contribution < 1.29 is 9.53 Å². The summed E-state index contributed by atoms with van der Waals surface area (Å²) < 4.78 is 5.48. The lowest BCUT2D eigenvalue weighted by Gasteiger charge is -2.38. The van der Waals surface area contributed by atoms with Crippen LogP contribution in [-0.4, -0.2) is 65.1 Å². The molecule has 2 aromatic rings. The minimum absolute atomic E-state index is 0.0610. The highest BCUT2D eigenvalue weighted by Crippen LogP contribution is 2.20. The number of ether oxygens (including phenoxy) is 1. The van der Waals surface area contributed by atoms with Gasteiger partial charge in [-0.25, -0.2) is 0 Å². The first kappa shape index (κ1) is 17.8. The molecule has 2 heterocycles. The molecule has 1 unspecified atom stereocenters. The molecule has 1 atom stereocenters. The van der Waals surface area contributed by atoms with E-state index in [4.69, 9.17) is 4.74 Å². The molecule has 1 amide bonds. The Morgan fingerprint density at radius 3 is 2.68 bits per heavy atom. The highest BCUT2D eigenvalue weighted by molar-refractivity contribution is 5.97. The molecule has 0 radical (unpaired) electrons. The standard InChI is InChI=1S/C18H27N5O2/c1-3-13(4-2)17(23-7-9-25-10-8-23)12-19-18(24)14-5-6-15-16(11-14)21-22-20-15/h5-6,11,13,17H,3-4,7-10,12H2,1-2H3,(H,19,24)(H,20,21,22). The normalized spacial score (nSPS) is 17.1. The van der Waals surface area contributed by atoms with Gasteiger partial charge in [-0.3, -0.25) is 9.69 Å². The Morgan fingerprint density at radius 2 is 1.96 bits per heavy atom. The maximum atomic E-state index is 12.6. The topological polar surface area (TPSA) is 83.1 Å². The fourth-order valence-electron chi connectivity index (χ4n) is 3.62. The van der Waals surface area contributed by atoms with Crippen molar-refractivity contribution >= 4 is 16.9 Å². The quantitative estimate of drug-likeness (QED) is 0.800. The smallest absolute Gasteiger partial charge is 0.251 e. The van der Waals surface area contributed by atoms with E-state index in [2.05, 4.69) is 39.5 Å². The van der Waals surface area contributed by atoms with Crippen LogP contribution >= 0.6 is 0 Å². The maximum Gasteiger partial charge on any atom is 0.251 e. The van der Waals surface area contributed by atoms with Crippen LogP contribution in [-0.2, 0) is 4.74 Å². The van der Waals surface area contributed by atoms with Crippen LogP contribution in [0.25, 0.3) is 11.0 Å². The summed E-state index contributed by atoms with van der Waals surface area (Å²) in [6.45, 7) is 8.51. The van der Waals surface area contributed by atoms with Crippen molar-refractivity contribution in [2.75, 3.05) is 32.8 Å². The van der Waals surface area contributed by atoms with Gasteiger partial charge in [0.1, 0.15) is 11.0 Å². The number of carbonyl (C=O) groups excluding carboxylic acids is 1. The molecule has 1 fully saturated rings. The first-order valence-corrected chi connectivity index (χ1v) is 9.13. The van der Waals surface area contributed by atoms with E-state index in [-0.39, 0.29) is 5.91 Å². The summed E-state index contributed by atoms with van der Waals surface area (Å²) in [6.07, 6.45) is 2.22. The Balaban J connectivity index is 1.67. The second-order valence-corrected chi connectivity index (χ2v) is 6.53. The molecule has 0 bridgehead atoms. The lowest BCUT2D eigenvalue weighted by Crippen LogP contribution is -2.52. The summed E-state index contributed by atoms with van der Waals surface area (Å²) in [5.41, 5.74) is 2.09. The van der Waals surface area contributed by atoms with Crippen molar-refractivity contribution in [1.82, 2.24) is 25.6 Å². The Bertz CT molecular complexity index is 692. The summed E-state index contributed by atoms with van der Waals surface area (Å²) in [4.78, 5) is 15.0. The monoisotopic (exact) mass is 345 g/mol. The van der Waals surface area contributed by atoms with Gasteiger partial charge in [-0.2, -0.15) is 15.4 Å². The molecule has 0 aliphatic carbocycles. The van der Waals surface area contributed by atoms with Crippen LogP contribution in [0.1, 0.15) is 37.0 Å². The highest BCUT2D eigenvalue weighted by atomic mass is 16.5. The average Bonchev–Trinajstić information content (AvgIpc) is 3.13. The molecule has 7 nitrogen and oxygen atoms in total. The highest BCUT2D eigenvalue weighted by Gasteiger charge is 2.27. The van der Waals surface area contributed by atoms with Crippen molar-refractivity contribution in [2.45, 2.75) is 32.7 Å². The van der Waals surface area contributed by atoms with Crippen molar-refractivity contribution in [3.63, 3.8) is 0 Å². The zero-order valence-corrected chi connectivity index (χ0v) is 15.0. The van der Waals surface area contributed by atoms with Gasteiger partial charge >= 0.3 is 0 Å². The summed E-state index contributed by atoms with van der Waals surface area (Å²) in [5, 5.41) is 13.8. The van der Waals surface area contributed by atoms with Crippen LogP contribution < -0.4 is 5.32 Å². The predicted octanol–water partition coefficient (Wildman–Crippen LogP) is 1.82.